The quantitative estimate of drug-likeness (QED) is 0.658. The minimum atomic E-state index is 0.784. The molecule has 3 heteroatoms. The zero-order chi connectivity index (χ0) is 9.80. The van der Waals surface area contributed by atoms with E-state index in [1.165, 1.54) is 45.4 Å². The van der Waals surface area contributed by atoms with Crippen LogP contribution >= 0.6 is 0 Å². The van der Waals surface area contributed by atoms with Gasteiger partial charge in [0.15, 0.2) is 0 Å². The van der Waals surface area contributed by atoms with Gasteiger partial charge in [-0.05, 0) is 25.2 Å². The van der Waals surface area contributed by atoms with Gasteiger partial charge in [-0.1, -0.05) is 0 Å². The third kappa shape index (κ3) is 2.94. The highest BCUT2D eigenvalue weighted by atomic mass is 16.5. The second kappa shape index (κ2) is 5.10. The number of nitrogens with zero attached hydrogens (tertiary/aromatic N) is 1. The molecule has 1 heterocycles. The first-order valence-electron chi connectivity index (χ1n) is 5.85. The molecule has 1 saturated heterocycles. The second-order valence-corrected chi connectivity index (χ2v) is 4.55. The Morgan fingerprint density at radius 2 is 2.29 bits per heavy atom. The Bertz CT molecular complexity index is 171. The van der Waals surface area contributed by atoms with E-state index in [0.29, 0.717) is 0 Å². The van der Waals surface area contributed by atoms with E-state index >= 15 is 0 Å². The van der Waals surface area contributed by atoms with Crippen molar-refractivity contribution < 1.29 is 4.74 Å². The van der Waals surface area contributed by atoms with E-state index in [1.54, 1.807) is 7.11 Å². The van der Waals surface area contributed by atoms with Gasteiger partial charge in [0.25, 0.3) is 0 Å². The number of nitrogens with one attached hydrogen (secondary N) is 1. The molecule has 3 nitrogen and oxygen atoms in total. The van der Waals surface area contributed by atoms with E-state index in [1.807, 2.05) is 0 Å². The number of methoxy groups -OCH3 is 1. The number of hydrogen-bond acceptors (Lipinski definition) is 3. The molecule has 1 N–H and O–H groups in total. The maximum Gasteiger partial charge on any atom is 0.0474 e. The van der Waals surface area contributed by atoms with Crippen LogP contribution in [-0.2, 0) is 4.74 Å². The molecule has 0 bridgehead atoms. The summed E-state index contributed by atoms with van der Waals surface area (Å²) in [6.45, 7) is 5.76. The number of hydrogen-bond donors (Lipinski definition) is 1. The Morgan fingerprint density at radius 1 is 1.43 bits per heavy atom. The van der Waals surface area contributed by atoms with Crippen molar-refractivity contribution in [3.63, 3.8) is 0 Å². The van der Waals surface area contributed by atoms with Crippen molar-refractivity contribution in [1.29, 1.82) is 0 Å². The summed E-state index contributed by atoms with van der Waals surface area (Å²) >= 11 is 0. The van der Waals surface area contributed by atoms with E-state index in [2.05, 4.69) is 10.2 Å². The average molecular weight is 198 g/mol. The largest absolute Gasteiger partial charge is 0.385 e. The van der Waals surface area contributed by atoms with E-state index < -0.39 is 0 Å². The molecule has 0 radical (unpaired) electrons. The normalized spacial score (nSPS) is 29.4. The molecule has 82 valence electrons. The molecule has 1 aliphatic heterocycles. The summed E-state index contributed by atoms with van der Waals surface area (Å²) in [5.41, 5.74) is 0. The van der Waals surface area contributed by atoms with Crippen LogP contribution in [0.3, 0.4) is 0 Å². The molecule has 0 amide bonds. The molecule has 1 atom stereocenters. The third-order valence-corrected chi connectivity index (χ3v) is 3.30. The Labute approximate surface area is 86.8 Å². The van der Waals surface area contributed by atoms with Gasteiger partial charge in [-0.3, -0.25) is 0 Å². The first kappa shape index (κ1) is 10.4. The van der Waals surface area contributed by atoms with E-state index in [9.17, 15) is 0 Å². The molecule has 2 rings (SSSR count). The monoisotopic (exact) mass is 198 g/mol. The fourth-order valence-corrected chi connectivity index (χ4v) is 2.29. The van der Waals surface area contributed by atoms with Crippen LogP contribution in [0.5, 0.6) is 0 Å². The van der Waals surface area contributed by atoms with E-state index in [0.717, 1.165) is 18.6 Å². The lowest BCUT2D eigenvalue weighted by Gasteiger charge is -2.33. The fourth-order valence-electron chi connectivity index (χ4n) is 2.29. The number of ether oxygens (including phenoxy) is 1. The molecule has 1 aliphatic carbocycles. The van der Waals surface area contributed by atoms with Crippen molar-refractivity contribution in [2.24, 2.45) is 5.92 Å². The van der Waals surface area contributed by atoms with Gasteiger partial charge in [-0.25, -0.2) is 0 Å². The van der Waals surface area contributed by atoms with Crippen LogP contribution in [0.25, 0.3) is 0 Å². The van der Waals surface area contributed by atoms with Gasteiger partial charge in [0.05, 0.1) is 0 Å². The smallest absolute Gasteiger partial charge is 0.0474 e. The molecular formula is C11H22N2O. The van der Waals surface area contributed by atoms with Gasteiger partial charge in [-0.15, -0.1) is 0 Å². The summed E-state index contributed by atoms with van der Waals surface area (Å²) in [4.78, 5) is 2.58. The lowest BCUT2D eigenvalue weighted by atomic mass is 10.1. The van der Waals surface area contributed by atoms with Crippen molar-refractivity contribution >= 4 is 0 Å². The van der Waals surface area contributed by atoms with Gasteiger partial charge >= 0.3 is 0 Å². The number of piperazine rings is 1. The standard InChI is InChI=1S/C11H22N2O/c1-14-8-2-6-13-7-5-12-11(9-13)10-3-4-10/h10-12H,2-9H2,1H3. The van der Waals surface area contributed by atoms with E-state index in [4.69, 9.17) is 4.74 Å². The van der Waals surface area contributed by atoms with Crippen molar-refractivity contribution in [2.45, 2.75) is 25.3 Å². The molecule has 1 saturated carbocycles. The van der Waals surface area contributed by atoms with Gasteiger partial charge in [0, 0.05) is 45.9 Å². The molecule has 14 heavy (non-hydrogen) atoms. The number of rotatable bonds is 5. The van der Waals surface area contributed by atoms with Gasteiger partial charge < -0.3 is 15.0 Å². The SMILES string of the molecule is COCCCN1CCNC(C2CC2)C1. The highest BCUT2D eigenvalue weighted by molar-refractivity contribution is 4.91. The summed E-state index contributed by atoms with van der Waals surface area (Å²) in [7, 11) is 1.78. The molecule has 0 aromatic heterocycles. The molecule has 0 spiro atoms. The summed E-state index contributed by atoms with van der Waals surface area (Å²) in [5.74, 6) is 0.986. The van der Waals surface area contributed by atoms with Crippen LogP contribution in [0.15, 0.2) is 0 Å². The van der Waals surface area contributed by atoms with Crippen LogP contribution in [0.4, 0.5) is 0 Å². The lowest BCUT2D eigenvalue weighted by Crippen LogP contribution is -2.51. The maximum atomic E-state index is 5.08. The maximum absolute atomic E-state index is 5.08. The van der Waals surface area contributed by atoms with Gasteiger partial charge in [-0.2, -0.15) is 0 Å². The summed E-state index contributed by atoms with van der Waals surface area (Å²) in [6, 6.07) is 0.784. The van der Waals surface area contributed by atoms with Crippen LogP contribution in [-0.4, -0.2) is 50.8 Å². The van der Waals surface area contributed by atoms with Crippen molar-refractivity contribution in [1.82, 2.24) is 10.2 Å². The summed E-state index contributed by atoms with van der Waals surface area (Å²) in [6.07, 6.45) is 4.07. The first-order chi connectivity index (χ1) is 6.90. The van der Waals surface area contributed by atoms with Crippen LogP contribution in [0.1, 0.15) is 19.3 Å². The third-order valence-electron chi connectivity index (χ3n) is 3.30. The predicted molar refractivity (Wildman–Crippen MR) is 57.4 cm³/mol. The topological polar surface area (TPSA) is 24.5 Å². The minimum Gasteiger partial charge on any atom is -0.385 e. The zero-order valence-corrected chi connectivity index (χ0v) is 9.17. The van der Waals surface area contributed by atoms with Crippen LogP contribution in [0.2, 0.25) is 0 Å². The molecule has 0 aromatic rings. The fraction of sp³-hybridized carbons (Fsp3) is 1.00. The predicted octanol–water partition coefficient (Wildman–Crippen LogP) is 0.707. The van der Waals surface area contributed by atoms with Crippen molar-refractivity contribution in [3.05, 3.63) is 0 Å². The van der Waals surface area contributed by atoms with Gasteiger partial charge in [0.1, 0.15) is 0 Å². The second-order valence-electron chi connectivity index (χ2n) is 4.55. The molecule has 1 unspecified atom stereocenters. The van der Waals surface area contributed by atoms with E-state index in [-0.39, 0.29) is 0 Å². The van der Waals surface area contributed by atoms with Crippen LogP contribution in [0, 0.1) is 5.92 Å². The highest BCUT2D eigenvalue weighted by Crippen LogP contribution is 2.33. The molecule has 0 aromatic carbocycles. The summed E-state index contributed by atoms with van der Waals surface area (Å²) < 4.78 is 5.08. The van der Waals surface area contributed by atoms with Crippen molar-refractivity contribution in [3.8, 4) is 0 Å². The zero-order valence-electron chi connectivity index (χ0n) is 9.17. The van der Waals surface area contributed by atoms with Crippen molar-refractivity contribution in [2.75, 3.05) is 39.9 Å². The Hall–Kier alpha value is -0.120. The Morgan fingerprint density at radius 3 is 3.00 bits per heavy atom. The first-order valence-corrected chi connectivity index (χ1v) is 5.85. The van der Waals surface area contributed by atoms with Gasteiger partial charge in [0.2, 0.25) is 0 Å². The summed E-state index contributed by atoms with van der Waals surface area (Å²) in [5, 5.41) is 3.63. The highest BCUT2D eigenvalue weighted by Gasteiger charge is 2.33. The Kier molecular flexibility index (Phi) is 3.79. The minimum absolute atomic E-state index is 0.784. The van der Waals surface area contributed by atoms with Crippen LogP contribution < -0.4 is 5.32 Å². The lowest BCUT2D eigenvalue weighted by molar-refractivity contribution is 0.148. The molecule has 2 fully saturated rings. The average Bonchev–Trinajstić information content (AvgIpc) is 3.02. The molecule has 2 aliphatic rings. The molecular weight excluding hydrogens is 176 g/mol. The Balaban J connectivity index is 1.65.